The summed E-state index contributed by atoms with van der Waals surface area (Å²) in [6.07, 6.45) is 5.14. The Kier molecular flexibility index (Phi) is 7.36. The summed E-state index contributed by atoms with van der Waals surface area (Å²) in [5, 5.41) is 3.15. The van der Waals surface area contributed by atoms with Gasteiger partial charge in [0.1, 0.15) is 0 Å². The minimum atomic E-state index is -3.57. The highest BCUT2D eigenvalue weighted by Gasteiger charge is 2.28. The van der Waals surface area contributed by atoms with E-state index in [1.165, 1.54) is 35.3 Å². The summed E-state index contributed by atoms with van der Waals surface area (Å²) in [7, 11) is -3.57. The van der Waals surface area contributed by atoms with Gasteiger partial charge in [-0.1, -0.05) is 18.5 Å². The monoisotopic (exact) mass is 427 g/mol. The van der Waals surface area contributed by atoms with Gasteiger partial charge in [0.2, 0.25) is 10.0 Å². The Hall–Kier alpha value is -1.15. The summed E-state index contributed by atoms with van der Waals surface area (Å²) in [5.41, 5.74) is 0.216. The molecule has 28 heavy (non-hydrogen) atoms. The molecule has 1 atom stereocenters. The number of rotatable bonds is 7. The van der Waals surface area contributed by atoms with E-state index in [2.05, 4.69) is 17.1 Å². The fourth-order valence-corrected chi connectivity index (χ4v) is 5.75. The molecule has 3 rings (SSSR count). The molecular weight excluding hydrogens is 398 g/mol. The highest BCUT2D eigenvalue weighted by molar-refractivity contribution is 7.89. The molecule has 0 bridgehead atoms. The van der Waals surface area contributed by atoms with E-state index in [0.29, 0.717) is 19.6 Å². The summed E-state index contributed by atoms with van der Waals surface area (Å²) in [6, 6.07) is 4.37. The zero-order valence-corrected chi connectivity index (χ0v) is 18.1. The Morgan fingerprint density at radius 3 is 2.68 bits per heavy atom. The first-order valence-electron chi connectivity index (χ1n) is 10.2. The quantitative estimate of drug-likeness (QED) is 0.679. The third-order valence-electron chi connectivity index (χ3n) is 5.56. The van der Waals surface area contributed by atoms with Crippen molar-refractivity contribution in [1.82, 2.24) is 14.5 Å². The van der Waals surface area contributed by atoms with Crippen LogP contribution in [0.4, 0.5) is 0 Å². The van der Waals surface area contributed by atoms with E-state index in [-0.39, 0.29) is 21.4 Å². The third-order valence-corrected chi connectivity index (χ3v) is 7.79. The molecule has 2 aliphatic rings. The van der Waals surface area contributed by atoms with Crippen molar-refractivity contribution in [2.75, 3.05) is 39.3 Å². The lowest BCUT2D eigenvalue weighted by Gasteiger charge is -2.30. The normalized spacial score (nSPS) is 21.7. The Balaban J connectivity index is 1.57. The predicted molar refractivity (Wildman–Crippen MR) is 111 cm³/mol. The van der Waals surface area contributed by atoms with E-state index < -0.39 is 10.0 Å². The van der Waals surface area contributed by atoms with Crippen molar-refractivity contribution in [3.8, 4) is 0 Å². The van der Waals surface area contributed by atoms with Gasteiger partial charge in [0.05, 0.1) is 15.5 Å². The van der Waals surface area contributed by atoms with E-state index in [1.54, 1.807) is 0 Å². The number of nitrogens with one attached hydrogen (secondary N) is 1. The van der Waals surface area contributed by atoms with Gasteiger partial charge in [0.25, 0.3) is 5.91 Å². The van der Waals surface area contributed by atoms with Gasteiger partial charge in [-0.15, -0.1) is 0 Å². The molecule has 0 saturated carbocycles. The highest BCUT2D eigenvalue weighted by Crippen LogP contribution is 2.25. The van der Waals surface area contributed by atoms with Gasteiger partial charge in [-0.3, -0.25) is 4.79 Å². The summed E-state index contributed by atoms with van der Waals surface area (Å²) < 4.78 is 26.9. The first-order valence-corrected chi connectivity index (χ1v) is 12.0. The van der Waals surface area contributed by atoms with Gasteiger partial charge >= 0.3 is 0 Å². The lowest BCUT2D eigenvalue weighted by Crippen LogP contribution is -2.36. The van der Waals surface area contributed by atoms with E-state index in [0.717, 1.165) is 44.8 Å². The molecule has 6 nitrogen and oxygen atoms in total. The molecule has 1 aromatic carbocycles. The lowest BCUT2D eigenvalue weighted by molar-refractivity contribution is 0.0950. The Labute approximate surface area is 173 Å². The predicted octanol–water partition coefficient (Wildman–Crippen LogP) is 2.98. The molecule has 8 heteroatoms. The molecule has 0 radical (unpaired) electrons. The summed E-state index contributed by atoms with van der Waals surface area (Å²) in [6.45, 7) is 7.09. The van der Waals surface area contributed by atoms with E-state index >= 15 is 0 Å². The largest absolute Gasteiger partial charge is 0.352 e. The van der Waals surface area contributed by atoms with Gasteiger partial charge in [0.15, 0.2) is 0 Å². The number of piperidine rings is 1. The number of carbonyl (C=O) groups excluding carboxylic acids is 1. The van der Waals surface area contributed by atoms with Crippen LogP contribution >= 0.6 is 11.6 Å². The van der Waals surface area contributed by atoms with Crippen LogP contribution in [0.1, 0.15) is 49.4 Å². The molecule has 2 heterocycles. The lowest BCUT2D eigenvalue weighted by atomic mass is 10.0. The molecule has 0 aliphatic carbocycles. The maximum absolute atomic E-state index is 12.7. The van der Waals surface area contributed by atoms with Crippen molar-refractivity contribution < 1.29 is 13.2 Å². The Bertz CT molecular complexity index is 794. The number of benzene rings is 1. The van der Waals surface area contributed by atoms with Crippen LogP contribution in [0, 0.1) is 5.92 Å². The summed E-state index contributed by atoms with van der Waals surface area (Å²) in [5.74, 6) is 0.415. The van der Waals surface area contributed by atoms with Crippen molar-refractivity contribution in [3.63, 3.8) is 0 Å². The molecule has 0 aromatic heterocycles. The van der Waals surface area contributed by atoms with Gasteiger partial charge < -0.3 is 10.2 Å². The van der Waals surface area contributed by atoms with Crippen molar-refractivity contribution in [1.29, 1.82) is 0 Å². The van der Waals surface area contributed by atoms with Crippen molar-refractivity contribution in [2.24, 2.45) is 5.92 Å². The summed E-state index contributed by atoms with van der Waals surface area (Å²) >= 11 is 6.17. The SMILES string of the molecule is CC1CCCN(CCCNC(=O)c2cc(S(=O)(=O)N3CCCC3)ccc2Cl)C1. The Morgan fingerprint density at radius 2 is 1.96 bits per heavy atom. The van der Waals surface area contributed by atoms with Gasteiger partial charge in [0, 0.05) is 26.2 Å². The second-order valence-electron chi connectivity index (χ2n) is 7.91. The fourth-order valence-electron chi connectivity index (χ4n) is 4.01. The van der Waals surface area contributed by atoms with E-state index in [9.17, 15) is 13.2 Å². The van der Waals surface area contributed by atoms with Crippen LogP contribution in [0.15, 0.2) is 23.1 Å². The number of amides is 1. The topological polar surface area (TPSA) is 69.7 Å². The van der Waals surface area contributed by atoms with Crippen LogP contribution in [0.3, 0.4) is 0 Å². The summed E-state index contributed by atoms with van der Waals surface area (Å²) in [4.78, 5) is 15.1. The van der Waals surface area contributed by atoms with E-state index in [1.807, 2.05) is 0 Å². The average Bonchev–Trinajstić information content (AvgIpc) is 3.21. The zero-order valence-electron chi connectivity index (χ0n) is 16.5. The molecule has 2 fully saturated rings. The third kappa shape index (κ3) is 5.26. The van der Waals surface area contributed by atoms with E-state index in [4.69, 9.17) is 11.6 Å². The average molecular weight is 428 g/mol. The number of hydrogen-bond donors (Lipinski definition) is 1. The molecule has 1 unspecified atom stereocenters. The molecule has 0 spiro atoms. The van der Waals surface area contributed by atoms with Gasteiger partial charge in [-0.05, 0) is 69.3 Å². The number of sulfonamides is 1. The molecular formula is C20H30ClN3O3S. The molecule has 156 valence electrons. The maximum Gasteiger partial charge on any atom is 0.252 e. The molecule has 1 N–H and O–H groups in total. The smallest absolute Gasteiger partial charge is 0.252 e. The minimum Gasteiger partial charge on any atom is -0.352 e. The number of nitrogens with zero attached hydrogens (tertiary/aromatic N) is 2. The molecule has 1 amide bonds. The number of carbonyl (C=O) groups is 1. The molecule has 2 aliphatic heterocycles. The van der Waals surface area contributed by atoms with Crippen LogP contribution in [-0.4, -0.2) is 62.8 Å². The minimum absolute atomic E-state index is 0.131. The standard InChI is InChI=1S/C20H30ClN3O3S/c1-16-6-4-10-23(15-16)11-5-9-22-20(25)18-14-17(7-8-19(18)21)28(26,27)24-12-2-3-13-24/h7-8,14,16H,2-6,9-13,15H2,1H3,(H,22,25). The van der Waals surface area contributed by atoms with Crippen LogP contribution in [-0.2, 0) is 10.0 Å². The van der Waals surface area contributed by atoms with Crippen LogP contribution < -0.4 is 5.32 Å². The second kappa shape index (κ2) is 9.57. The maximum atomic E-state index is 12.7. The van der Waals surface area contributed by atoms with Crippen LogP contribution in [0.2, 0.25) is 5.02 Å². The van der Waals surface area contributed by atoms with Crippen molar-refractivity contribution in [2.45, 2.75) is 43.9 Å². The van der Waals surface area contributed by atoms with Crippen molar-refractivity contribution >= 4 is 27.5 Å². The van der Waals surface area contributed by atoms with Gasteiger partial charge in [-0.2, -0.15) is 4.31 Å². The van der Waals surface area contributed by atoms with Crippen LogP contribution in [0.5, 0.6) is 0 Å². The molecule has 2 saturated heterocycles. The second-order valence-corrected chi connectivity index (χ2v) is 10.3. The van der Waals surface area contributed by atoms with Gasteiger partial charge in [-0.25, -0.2) is 8.42 Å². The number of hydrogen-bond acceptors (Lipinski definition) is 4. The van der Waals surface area contributed by atoms with Crippen molar-refractivity contribution in [3.05, 3.63) is 28.8 Å². The highest BCUT2D eigenvalue weighted by atomic mass is 35.5. The van der Waals surface area contributed by atoms with Crippen LogP contribution in [0.25, 0.3) is 0 Å². The Morgan fingerprint density at radius 1 is 1.21 bits per heavy atom. The molecule has 1 aromatic rings. The first kappa shape index (κ1) is 21.6. The number of halogens is 1. The first-order chi connectivity index (χ1) is 13.4. The number of likely N-dealkylation sites (tertiary alicyclic amines) is 1. The fraction of sp³-hybridized carbons (Fsp3) is 0.650. The zero-order chi connectivity index (χ0) is 20.1.